The molecule has 0 aromatic heterocycles. The number of hydrogen-bond donors (Lipinski definition) is 1. The van der Waals surface area contributed by atoms with Gasteiger partial charge in [0, 0.05) is 19.2 Å². The van der Waals surface area contributed by atoms with Gasteiger partial charge in [-0.1, -0.05) is 30.3 Å². The molecule has 0 amide bonds. The van der Waals surface area contributed by atoms with Crippen molar-refractivity contribution >= 4 is 0 Å². The molecular weight excluding hydrogens is 222 g/mol. The molecule has 1 saturated heterocycles. The molecular formula is C16H25NO. The van der Waals surface area contributed by atoms with Crippen LogP contribution in [0.2, 0.25) is 0 Å². The van der Waals surface area contributed by atoms with Crippen molar-refractivity contribution in [3.63, 3.8) is 0 Å². The van der Waals surface area contributed by atoms with E-state index in [0.29, 0.717) is 12.6 Å². The highest BCUT2D eigenvalue weighted by atomic mass is 16.3. The standard InChI is InChI=1S/C16H25NO/c1-14-12-16(8-10-17(14)9-5-11-18)13-15-6-3-2-4-7-15/h2-4,6-7,14,16,18H,5,8-13H2,1H3. The zero-order chi connectivity index (χ0) is 12.8. The van der Waals surface area contributed by atoms with Crippen molar-refractivity contribution in [2.75, 3.05) is 19.7 Å². The summed E-state index contributed by atoms with van der Waals surface area (Å²) in [5, 5.41) is 8.90. The highest BCUT2D eigenvalue weighted by Gasteiger charge is 2.24. The molecule has 1 heterocycles. The van der Waals surface area contributed by atoms with Crippen LogP contribution in [0.4, 0.5) is 0 Å². The van der Waals surface area contributed by atoms with Crippen molar-refractivity contribution in [3.8, 4) is 0 Å². The fourth-order valence-electron chi connectivity index (χ4n) is 3.06. The summed E-state index contributed by atoms with van der Waals surface area (Å²) in [6, 6.07) is 11.5. The van der Waals surface area contributed by atoms with Gasteiger partial charge in [-0.25, -0.2) is 0 Å². The molecule has 0 radical (unpaired) electrons. The van der Waals surface area contributed by atoms with Crippen LogP contribution in [0.25, 0.3) is 0 Å². The Morgan fingerprint density at radius 3 is 2.72 bits per heavy atom. The Morgan fingerprint density at radius 1 is 1.28 bits per heavy atom. The number of likely N-dealkylation sites (tertiary alicyclic amines) is 1. The van der Waals surface area contributed by atoms with E-state index in [9.17, 15) is 0 Å². The number of aliphatic hydroxyl groups is 1. The maximum atomic E-state index is 8.90. The van der Waals surface area contributed by atoms with Crippen molar-refractivity contribution in [1.82, 2.24) is 4.90 Å². The first-order valence-corrected chi connectivity index (χ1v) is 7.18. The number of hydrogen-bond acceptors (Lipinski definition) is 2. The van der Waals surface area contributed by atoms with Crippen molar-refractivity contribution in [2.45, 2.75) is 38.6 Å². The van der Waals surface area contributed by atoms with Crippen LogP contribution in [0.5, 0.6) is 0 Å². The minimum atomic E-state index is 0.316. The van der Waals surface area contributed by atoms with Crippen LogP contribution < -0.4 is 0 Å². The maximum absolute atomic E-state index is 8.90. The summed E-state index contributed by atoms with van der Waals surface area (Å²) in [6.07, 6.45) is 4.72. The number of piperidine rings is 1. The summed E-state index contributed by atoms with van der Waals surface area (Å²) < 4.78 is 0. The Balaban J connectivity index is 1.81. The molecule has 1 aliphatic heterocycles. The SMILES string of the molecule is CC1CC(Cc2ccccc2)CCN1CCCO. The molecule has 2 unspecified atom stereocenters. The molecule has 0 aliphatic carbocycles. The molecule has 1 aromatic carbocycles. The molecule has 0 bridgehead atoms. The van der Waals surface area contributed by atoms with E-state index in [4.69, 9.17) is 5.11 Å². The molecule has 2 atom stereocenters. The van der Waals surface area contributed by atoms with Gasteiger partial charge in [-0.15, -0.1) is 0 Å². The predicted octanol–water partition coefficient (Wildman–Crippen LogP) is 2.71. The average molecular weight is 247 g/mol. The Kier molecular flexibility index (Phi) is 5.21. The number of rotatable bonds is 5. The van der Waals surface area contributed by atoms with Gasteiger partial charge in [0.2, 0.25) is 0 Å². The normalized spacial score (nSPS) is 25.2. The summed E-state index contributed by atoms with van der Waals surface area (Å²) in [7, 11) is 0. The third kappa shape index (κ3) is 3.82. The van der Waals surface area contributed by atoms with Gasteiger partial charge >= 0.3 is 0 Å². The van der Waals surface area contributed by atoms with Gasteiger partial charge < -0.3 is 10.0 Å². The van der Waals surface area contributed by atoms with Crippen LogP contribution in [-0.2, 0) is 6.42 Å². The molecule has 18 heavy (non-hydrogen) atoms. The first-order valence-electron chi connectivity index (χ1n) is 7.18. The second kappa shape index (κ2) is 6.91. The van der Waals surface area contributed by atoms with Gasteiger partial charge in [0.15, 0.2) is 0 Å². The van der Waals surface area contributed by atoms with Crippen LogP contribution in [0, 0.1) is 5.92 Å². The molecule has 2 nitrogen and oxygen atoms in total. The predicted molar refractivity (Wildman–Crippen MR) is 75.6 cm³/mol. The van der Waals surface area contributed by atoms with Crippen LogP contribution in [0.1, 0.15) is 31.7 Å². The van der Waals surface area contributed by atoms with Crippen molar-refractivity contribution in [1.29, 1.82) is 0 Å². The quantitative estimate of drug-likeness (QED) is 0.865. The largest absolute Gasteiger partial charge is 0.396 e. The lowest BCUT2D eigenvalue weighted by Gasteiger charge is -2.37. The summed E-state index contributed by atoms with van der Waals surface area (Å²) in [6.45, 7) is 4.89. The highest BCUT2D eigenvalue weighted by molar-refractivity contribution is 5.15. The third-order valence-corrected chi connectivity index (χ3v) is 4.09. The van der Waals surface area contributed by atoms with E-state index in [2.05, 4.69) is 42.2 Å². The van der Waals surface area contributed by atoms with Gasteiger partial charge in [-0.05, 0) is 50.6 Å². The number of aliphatic hydroxyl groups excluding tert-OH is 1. The molecule has 0 spiro atoms. The lowest BCUT2D eigenvalue weighted by atomic mass is 9.86. The molecule has 2 rings (SSSR count). The highest BCUT2D eigenvalue weighted by Crippen LogP contribution is 2.25. The molecule has 2 heteroatoms. The fraction of sp³-hybridized carbons (Fsp3) is 0.625. The van der Waals surface area contributed by atoms with Crippen LogP contribution in [0.15, 0.2) is 30.3 Å². The summed E-state index contributed by atoms with van der Waals surface area (Å²) in [4.78, 5) is 2.53. The average Bonchev–Trinajstić information content (AvgIpc) is 2.39. The smallest absolute Gasteiger partial charge is 0.0443 e. The molecule has 1 N–H and O–H groups in total. The Bertz CT molecular complexity index is 338. The monoisotopic (exact) mass is 247 g/mol. The van der Waals surface area contributed by atoms with Gasteiger partial charge in [0.25, 0.3) is 0 Å². The topological polar surface area (TPSA) is 23.5 Å². The van der Waals surface area contributed by atoms with E-state index in [1.165, 1.54) is 31.4 Å². The zero-order valence-corrected chi connectivity index (χ0v) is 11.4. The van der Waals surface area contributed by atoms with Crippen LogP contribution in [0.3, 0.4) is 0 Å². The summed E-state index contributed by atoms with van der Waals surface area (Å²) in [5.74, 6) is 0.827. The van der Waals surface area contributed by atoms with Crippen molar-refractivity contribution < 1.29 is 5.11 Å². The van der Waals surface area contributed by atoms with E-state index in [-0.39, 0.29) is 0 Å². The van der Waals surface area contributed by atoms with E-state index in [1.807, 2.05) is 0 Å². The van der Waals surface area contributed by atoms with Gasteiger partial charge in [-0.3, -0.25) is 0 Å². The minimum Gasteiger partial charge on any atom is -0.396 e. The van der Waals surface area contributed by atoms with Crippen LogP contribution in [-0.4, -0.2) is 35.7 Å². The first-order chi connectivity index (χ1) is 8.79. The third-order valence-electron chi connectivity index (χ3n) is 4.09. The van der Waals surface area contributed by atoms with E-state index in [0.717, 1.165) is 18.9 Å². The molecule has 1 fully saturated rings. The lowest BCUT2D eigenvalue weighted by molar-refractivity contribution is 0.113. The fourth-order valence-corrected chi connectivity index (χ4v) is 3.06. The minimum absolute atomic E-state index is 0.316. The first kappa shape index (κ1) is 13.6. The Hall–Kier alpha value is -0.860. The molecule has 1 aliphatic rings. The summed E-state index contributed by atoms with van der Waals surface area (Å²) in [5.41, 5.74) is 1.47. The van der Waals surface area contributed by atoms with Gasteiger partial charge in [-0.2, -0.15) is 0 Å². The maximum Gasteiger partial charge on any atom is 0.0443 e. The molecule has 100 valence electrons. The second-order valence-corrected chi connectivity index (χ2v) is 5.54. The van der Waals surface area contributed by atoms with Crippen molar-refractivity contribution in [2.24, 2.45) is 5.92 Å². The number of benzene rings is 1. The number of nitrogens with zero attached hydrogens (tertiary/aromatic N) is 1. The Morgan fingerprint density at radius 2 is 2.06 bits per heavy atom. The van der Waals surface area contributed by atoms with Crippen molar-refractivity contribution in [3.05, 3.63) is 35.9 Å². The van der Waals surface area contributed by atoms with Gasteiger partial charge in [0.05, 0.1) is 0 Å². The van der Waals surface area contributed by atoms with Crippen LogP contribution >= 0.6 is 0 Å². The second-order valence-electron chi connectivity index (χ2n) is 5.54. The summed E-state index contributed by atoms with van der Waals surface area (Å²) >= 11 is 0. The molecule has 0 saturated carbocycles. The zero-order valence-electron chi connectivity index (χ0n) is 11.4. The van der Waals surface area contributed by atoms with E-state index in [1.54, 1.807) is 0 Å². The van der Waals surface area contributed by atoms with E-state index >= 15 is 0 Å². The van der Waals surface area contributed by atoms with E-state index < -0.39 is 0 Å². The lowest BCUT2D eigenvalue weighted by Crippen LogP contribution is -2.41. The Labute approximate surface area is 111 Å². The molecule has 1 aromatic rings. The van der Waals surface area contributed by atoms with Gasteiger partial charge in [0.1, 0.15) is 0 Å².